The van der Waals surface area contributed by atoms with E-state index in [0.717, 1.165) is 12.0 Å². The summed E-state index contributed by atoms with van der Waals surface area (Å²) in [5, 5.41) is 0. The highest BCUT2D eigenvalue weighted by molar-refractivity contribution is 7.89. The Balaban J connectivity index is 1.56. The first-order chi connectivity index (χ1) is 12.5. The quantitative estimate of drug-likeness (QED) is 0.882. The average molecular weight is 377 g/mol. The van der Waals surface area contributed by atoms with Crippen molar-refractivity contribution in [3.63, 3.8) is 0 Å². The van der Waals surface area contributed by atoms with Crippen LogP contribution in [0.15, 0.2) is 41.3 Å². The van der Waals surface area contributed by atoms with Crippen molar-refractivity contribution in [1.29, 1.82) is 0 Å². The van der Waals surface area contributed by atoms with E-state index in [1.165, 1.54) is 12.1 Å². The number of ether oxygens (including phenoxy) is 4. The van der Waals surface area contributed by atoms with Gasteiger partial charge < -0.3 is 18.9 Å². The molecule has 1 unspecified atom stereocenters. The van der Waals surface area contributed by atoms with Crippen LogP contribution in [0.1, 0.15) is 24.9 Å². The fraction of sp³-hybridized carbons (Fsp3) is 0.333. The summed E-state index contributed by atoms with van der Waals surface area (Å²) < 4.78 is 49.9. The molecule has 2 aromatic carbocycles. The molecule has 0 aromatic heterocycles. The van der Waals surface area contributed by atoms with E-state index in [1.54, 1.807) is 25.1 Å². The van der Waals surface area contributed by atoms with E-state index in [-0.39, 0.29) is 11.7 Å². The third kappa shape index (κ3) is 3.30. The molecule has 2 aromatic rings. The molecule has 4 rings (SSSR count). The second-order valence-electron chi connectivity index (χ2n) is 6.11. The predicted octanol–water partition coefficient (Wildman–Crippen LogP) is 2.62. The largest absolute Gasteiger partial charge is 0.490 e. The van der Waals surface area contributed by atoms with E-state index in [4.69, 9.17) is 18.9 Å². The van der Waals surface area contributed by atoms with Crippen LogP contribution in [-0.4, -0.2) is 28.4 Å². The molecule has 1 atom stereocenters. The van der Waals surface area contributed by atoms with Gasteiger partial charge in [-0.05, 0) is 36.8 Å². The lowest BCUT2D eigenvalue weighted by molar-refractivity contribution is 0.174. The zero-order valence-corrected chi connectivity index (χ0v) is 15.0. The molecule has 0 saturated heterocycles. The Morgan fingerprint density at radius 1 is 0.885 bits per heavy atom. The van der Waals surface area contributed by atoms with Gasteiger partial charge >= 0.3 is 0 Å². The van der Waals surface area contributed by atoms with E-state index in [2.05, 4.69) is 4.72 Å². The third-order valence-electron chi connectivity index (χ3n) is 4.26. The van der Waals surface area contributed by atoms with Gasteiger partial charge in [-0.1, -0.05) is 6.07 Å². The minimum absolute atomic E-state index is 0.134. The molecule has 2 aliphatic rings. The van der Waals surface area contributed by atoms with Gasteiger partial charge in [0, 0.05) is 18.5 Å². The Kier molecular flexibility index (Phi) is 4.37. The Hall–Kier alpha value is -2.45. The Morgan fingerprint density at radius 3 is 2.38 bits per heavy atom. The van der Waals surface area contributed by atoms with Crippen molar-refractivity contribution in [3.8, 4) is 23.0 Å². The summed E-state index contributed by atoms with van der Waals surface area (Å²) >= 11 is 0. The third-order valence-corrected chi connectivity index (χ3v) is 5.80. The van der Waals surface area contributed by atoms with Gasteiger partial charge in [0.1, 0.15) is 0 Å². The van der Waals surface area contributed by atoms with E-state index in [9.17, 15) is 8.42 Å². The van der Waals surface area contributed by atoms with Gasteiger partial charge in [-0.25, -0.2) is 13.1 Å². The number of nitrogens with one attached hydrogen (secondary N) is 1. The van der Waals surface area contributed by atoms with Crippen molar-refractivity contribution < 1.29 is 27.4 Å². The minimum Gasteiger partial charge on any atom is -0.490 e. The van der Waals surface area contributed by atoms with Gasteiger partial charge in [0.25, 0.3) is 0 Å². The lowest BCUT2D eigenvalue weighted by Gasteiger charge is -2.16. The molecule has 26 heavy (non-hydrogen) atoms. The summed E-state index contributed by atoms with van der Waals surface area (Å²) in [5.41, 5.74) is 0.784. The van der Waals surface area contributed by atoms with Crippen LogP contribution < -0.4 is 23.7 Å². The Bertz CT molecular complexity index is 927. The molecule has 0 bridgehead atoms. The van der Waals surface area contributed by atoms with E-state index in [0.29, 0.717) is 36.2 Å². The van der Waals surface area contributed by atoms with Crippen molar-refractivity contribution >= 4 is 10.0 Å². The van der Waals surface area contributed by atoms with Gasteiger partial charge in [0.2, 0.25) is 16.8 Å². The molecule has 7 nitrogen and oxygen atoms in total. The summed E-state index contributed by atoms with van der Waals surface area (Å²) in [5.74, 6) is 2.28. The summed E-state index contributed by atoms with van der Waals surface area (Å²) in [6.45, 7) is 3.00. The van der Waals surface area contributed by atoms with Crippen molar-refractivity contribution in [2.75, 3.05) is 20.0 Å². The average Bonchev–Trinajstić information content (AvgIpc) is 2.96. The molecule has 0 spiro atoms. The second kappa shape index (κ2) is 6.69. The van der Waals surface area contributed by atoms with Gasteiger partial charge in [-0.15, -0.1) is 0 Å². The standard InChI is InChI=1S/C18H19NO6S/c1-12(13-3-5-16-17(9-13)25-11-24-16)19-26(20,21)14-4-6-15-18(10-14)23-8-2-7-22-15/h3-6,9-10,12,19H,2,7-8,11H2,1H3. The lowest BCUT2D eigenvalue weighted by atomic mass is 10.1. The van der Waals surface area contributed by atoms with Gasteiger partial charge in [-0.2, -0.15) is 0 Å². The Labute approximate surface area is 151 Å². The number of rotatable bonds is 4. The SMILES string of the molecule is CC(NS(=O)(=O)c1ccc2c(c1)OCCCO2)c1ccc2c(c1)OCO2. The fourth-order valence-corrected chi connectivity index (χ4v) is 4.11. The molecule has 0 amide bonds. The molecule has 0 aliphatic carbocycles. The molecular formula is C18H19NO6S. The van der Waals surface area contributed by atoms with Gasteiger partial charge in [0.15, 0.2) is 23.0 Å². The zero-order chi connectivity index (χ0) is 18.1. The normalized spacial score (nSPS) is 16.8. The van der Waals surface area contributed by atoms with Crippen molar-refractivity contribution in [2.24, 2.45) is 0 Å². The van der Waals surface area contributed by atoms with Crippen molar-refractivity contribution in [1.82, 2.24) is 4.72 Å². The highest BCUT2D eigenvalue weighted by atomic mass is 32.2. The summed E-state index contributed by atoms with van der Waals surface area (Å²) in [7, 11) is -3.72. The zero-order valence-electron chi connectivity index (χ0n) is 14.2. The van der Waals surface area contributed by atoms with Crippen LogP contribution in [0.3, 0.4) is 0 Å². The molecule has 8 heteroatoms. The lowest BCUT2D eigenvalue weighted by Crippen LogP contribution is -2.26. The minimum atomic E-state index is -3.72. The number of hydrogen-bond donors (Lipinski definition) is 1. The molecule has 0 saturated carbocycles. The van der Waals surface area contributed by atoms with E-state index in [1.807, 2.05) is 6.07 Å². The first-order valence-corrected chi connectivity index (χ1v) is 9.83. The molecule has 0 fully saturated rings. The van der Waals surface area contributed by atoms with Gasteiger partial charge in [0.05, 0.1) is 18.1 Å². The first-order valence-electron chi connectivity index (χ1n) is 8.34. The molecule has 0 radical (unpaired) electrons. The molecular weight excluding hydrogens is 358 g/mol. The Morgan fingerprint density at radius 2 is 1.54 bits per heavy atom. The highest BCUT2D eigenvalue weighted by Gasteiger charge is 2.23. The number of fused-ring (bicyclic) bond motifs is 2. The van der Waals surface area contributed by atoms with Crippen molar-refractivity contribution in [2.45, 2.75) is 24.3 Å². The maximum atomic E-state index is 12.8. The van der Waals surface area contributed by atoms with Crippen LogP contribution in [0.4, 0.5) is 0 Å². The smallest absolute Gasteiger partial charge is 0.241 e. The van der Waals surface area contributed by atoms with Gasteiger partial charge in [-0.3, -0.25) is 0 Å². The molecule has 2 aliphatic heterocycles. The van der Waals surface area contributed by atoms with Crippen LogP contribution in [-0.2, 0) is 10.0 Å². The fourth-order valence-electron chi connectivity index (χ4n) is 2.86. The number of hydrogen-bond acceptors (Lipinski definition) is 6. The topological polar surface area (TPSA) is 83.1 Å². The first kappa shape index (κ1) is 17.0. The van der Waals surface area contributed by atoms with E-state index >= 15 is 0 Å². The predicted molar refractivity (Wildman–Crippen MR) is 93.4 cm³/mol. The van der Waals surface area contributed by atoms with E-state index < -0.39 is 16.1 Å². The second-order valence-corrected chi connectivity index (χ2v) is 7.83. The highest BCUT2D eigenvalue weighted by Crippen LogP contribution is 2.35. The van der Waals surface area contributed by atoms with Crippen LogP contribution in [0.25, 0.3) is 0 Å². The summed E-state index contributed by atoms with van der Waals surface area (Å²) in [4.78, 5) is 0.134. The number of sulfonamides is 1. The summed E-state index contributed by atoms with van der Waals surface area (Å²) in [6, 6.07) is 9.57. The maximum Gasteiger partial charge on any atom is 0.241 e. The molecule has 138 valence electrons. The monoisotopic (exact) mass is 377 g/mol. The summed E-state index contributed by atoms with van der Waals surface area (Å²) in [6.07, 6.45) is 0.760. The van der Waals surface area contributed by atoms with Crippen molar-refractivity contribution in [3.05, 3.63) is 42.0 Å². The van der Waals surface area contributed by atoms with Crippen LogP contribution >= 0.6 is 0 Å². The van der Waals surface area contributed by atoms with Crippen LogP contribution in [0, 0.1) is 0 Å². The van der Waals surface area contributed by atoms with Crippen LogP contribution in [0.2, 0.25) is 0 Å². The van der Waals surface area contributed by atoms with Crippen LogP contribution in [0.5, 0.6) is 23.0 Å². The number of benzene rings is 2. The maximum absolute atomic E-state index is 12.8. The molecule has 1 N–H and O–H groups in total. The molecule has 2 heterocycles.